The van der Waals surface area contributed by atoms with Gasteiger partial charge in [-0.3, -0.25) is 0 Å². The summed E-state index contributed by atoms with van der Waals surface area (Å²) in [6, 6.07) is 0. The third-order valence-electron chi connectivity index (χ3n) is 1.68. The monoisotopic (exact) mass is 237 g/mol. The Kier molecular flexibility index (Phi) is 3.82. The zero-order valence-electron chi connectivity index (χ0n) is 7.80. The van der Waals surface area contributed by atoms with Crippen molar-refractivity contribution < 1.29 is 0 Å². The van der Waals surface area contributed by atoms with Crippen molar-refractivity contribution in [3.8, 4) is 0 Å². The molecule has 74 valence electrons. The molecule has 3 nitrogen and oxygen atoms in total. The van der Waals surface area contributed by atoms with Crippen LogP contribution in [0.25, 0.3) is 0 Å². The summed E-state index contributed by atoms with van der Waals surface area (Å²) in [6.45, 7) is 5.16. The lowest BCUT2D eigenvalue weighted by atomic mass is 10.2. The Bertz CT molecular complexity index is 274. The minimum atomic E-state index is 0.187. The molecule has 0 atom stereocenters. The average Bonchev–Trinajstić information content (AvgIpc) is 2.48. The largest absolute Gasteiger partial charge is 0.365 e. The molecular weight excluding hydrogens is 226 g/mol. The van der Waals surface area contributed by atoms with Crippen LogP contribution in [0.2, 0.25) is 5.15 Å². The highest BCUT2D eigenvalue weighted by atomic mass is 35.5. The van der Waals surface area contributed by atoms with Gasteiger partial charge in [-0.05, 0) is 20.1 Å². The molecule has 0 unspecified atom stereocenters. The van der Waals surface area contributed by atoms with Crippen LogP contribution in [0.1, 0.15) is 13.8 Å². The molecule has 0 radical (unpaired) electrons. The smallest absolute Gasteiger partial charge is 0.186 e. The van der Waals surface area contributed by atoms with Gasteiger partial charge in [-0.15, -0.1) is 0 Å². The first-order chi connectivity index (χ1) is 6.05. The van der Waals surface area contributed by atoms with Gasteiger partial charge >= 0.3 is 0 Å². The molecule has 0 bridgehead atoms. The van der Waals surface area contributed by atoms with E-state index in [1.807, 2.05) is 0 Å². The molecule has 1 heterocycles. The SMILES string of the molecule is CSC(C)(C)CNc1nsnc1Cl. The number of hydrogen-bond acceptors (Lipinski definition) is 5. The Balaban J connectivity index is 2.48. The molecule has 0 aliphatic carbocycles. The predicted molar refractivity (Wildman–Crippen MR) is 61.0 cm³/mol. The Morgan fingerprint density at radius 2 is 2.23 bits per heavy atom. The molecule has 1 N–H and O–H groups in total. The number of aromatic nitrogens is 2. The summed E-state index contributed by atoms with van der Waals surface area (Å²) in [5.41, 5.74) is 0. The standard InChI is InChI=1S/C7H12ClN3S2/c1-7(2,12-3)4-9-6-5(8)10-13-11-6/h4H2,1-3H3,(H,9,11). The van der Waals surface area contributed by atoms with Crippen molar-refractivity contribution in [1.29, 1.82) is 0 Å². The maximum absolute atomic E-state index is 5.78. The van der Waals surface area contributed by atoms with Crippen LogP contribution in [0.3, 0.4) is 0 Å². The molecule has 1 aromatic rings. The minimum Gasteiger partial charge on any atom is -0.365 e. The summed E-state index contributed by atoms with van der Waals surface area (Å²) in [5.74, 6) is 0.689. The van der Waals surface area contributed by atoms with Gasteiger partial charge in [0.25, 0.3) is 0 Å². The van der Waals surface area contributed by atoms with Crippen molar-refractivity contribution in [3.63, 3.8) is 0 Å². The summed E-state index contributed by atoms with van der Waals surface area (Å²) >= 11 is 8.71. The van der Waals surface area contributed by atoms with E-state index < -0.39 is 0 Å². The van der Waals surface area contributed by atoms with Gasteiger partial charge in [0.05, 0.1) is 11.7 Å². The van der Waals surface area contributed by atoms with E-state index in [1.165, 1.54) is 0 Å². The van der Waals surface area contributed by atoms with Gasteiger partial charge in [0.1, 0.15) is 0 Å². The normalized spacial score (nSPS) is 11.7. The van der Waals surface area contributed by atoms with Crippen LogP contribution in [0.15, 0.2) is 0 Å². The van der Waals surface area contributed by atoms with Gasteiger partial charge in [0, 0.05) is 11.3 Å². The van der Waals surface area contributed by atoms with Crippen molar-refractivity contribution in [3.05, 3.63) is 5.15 Å². The average molecular weight is 238 g/mol. The molecular formula is C7H12ClN3S2. The lowest BCUT2D eigenvalue weighted by Crippen LogP contribution is -2.26. The van der Waals surface area contributed by atoms with Crippen molar-refractivity contribution in [2.75, 3.05) is 18.1 Å². The first-order valence-corrected chi connectivity index (χ1v) is 6.15. The second kappa shape index (κ2) is 4.48. The number of nitrogens with one attached hydrogen (secondary N) is 1. The van der Waals surface area contributed by atoms with E-state index in [2.05, 4.69) is 34.2 Å². The Morgan fingerprint density at radius 3 is 2.69 bits per heavy atom. The van der Waals surface area contributed by atoms with Crippen molar-refractivity contribution in [2.45, 2.75) is 18.6 Å². The van der Waals surface area contributed by atoms with Crippen LogP contribution in [0, 0.1) is 0 Å². The molecule has 0 spiro atoms. The maximum Gasteiger partial charge on any atom is 0.186 e. The summed E-state index contributed by atoms with van der Waals surface area (Å²) in [4.78, 5) is 0. The van der Waals surface area contributed by atoms with Gasteiger partial charge in [-0.1, -0.05) is 11.6 Å². The maximum atomic E-state index is 5.78. The Labute approximate surface area is 91.6 Å². The molecule has 6 heteroatoms. The van der Waals surface area contributed by atoms with E-state index in [-0.39, 0.29) is 4.75 Å². The Hall–Kier alpha value is -0.0000000000000000555. The fraction of sp³-hybridized carbons (Fsp3) is 0.714. The van der Waals surface area contributed by atoms with E-state index in [1.54, 1.807) is 11.8 Å². The highest BCUT2D eigenvalue weighted by Crippen LogP contribution is 2.23. The molecule has 1 rings (SSSR count). The lowest BCUT2D eigenvalue weighted by Gasteiger charge is -2.21. The van der Waals surface area contributed by atoms with Crippen LogP contribution >= 0.6 is 35.1 Å². The molecule has 0 saturated heterocycles. The zero-order valence-corrected chi connectivity index (χ0v) is 10.2. The van der Waals surface area contributed by atoms with Crippen LogP contribution in [-0.2, 0) is 0 Å². The predicted octanol–water partition coefficient (Wildman–Crippen LogP) is 2.75. The van der Waals surface area contributed by atoms with E-state index in [4.69, 9.17) is 11.6 Å². The molecule has 1 aromatic heterocycles. The van der Waals surface area contributed by atoms with E-state index in [0.717, 1.165) is 18.3 Å². The van der Waals surface area contributed by atoms with Gasteiger partial charge < -0.3 is 5.32 Å². The Morgan fingerprint density at radius 1 is 1.54 bits per heavy atom. The number of halogens is 1. The molecule has 0 aliphatic rings. The number of anilines is 1. The molecule has 0 aliphatic heterocycles. The van der Waals surface area contributed by atoms with Crippen molar-refractivity contribution >= 4 is 40.9 Å². The molecule has 0 aromatic carbocycles. The summed E-state index contributed by atoms with van der Waals surface area (Å²) in [6.07, 6.45) is 2.09. The molecule has 13 heavy (non-hydrogen) atoms. The number of hydrogen-bond donors (Lipinski definition) is 1. The van der Waals surface area contributed by atoms with Gasteiger partial charge in [0.2, 0.25) is 0 Å². The highest BCUT2D eigenvalue weighted by molar-refractivity contribution is 7.99. The topological polar surface area (TPSA) is 37.8 Å². The fourth-order valence-corrected chi connectivity index (χ4v) is 1.55. The lowest BCUT2D eigenvalue weighted by molar-refractivity contribution is 0.751. The second-order valence-corrected chi connectivity index (χ2v) is 5.62. The third kappa shape index (κ3) is 3.32. The number of nitrogens with zero attached hydrogens (tertiary/aromatic N) is 2. The summed E-state index contributed by atoms with van der Waals surface area (Å²) in [7, 11) is 0. The van der Waals surface area contributed by atoms with Crippen LogP contribution < -0.4 is 5.32 Å². The fourth-order valence-electron chi connectivity index (χ4n) is 0.652. The minimum absolute atomic E-state index is 0.187. The summed E-state index contributed by atoms with van der Waals surface area (Å²) in [5, 5.41) is 3.63. The quantitative estimate of drug-likeness (QED) is 0.874. The van der Waals surface area contributed by atoms with E-state index in [9.17, 15) is 0 Å². The molecule has 0 fully saturated rings. The van der Waals surface area contributed by atoms with E-state index >= 15 is 0 Å². The third-order valence-corrected chi connectivity index (χ3v) is 3.82. The van der Waals surface area contributed by atoms with Gasteiger partial charge in [-0.25, -0.2) is 0 Å². The van der Waals surface area contributed by atoms with Crippen LogP contribution in [0.5, 0.6) is 0 Å². The zero-order chi connectivity index (χ0) is 9.90. The number of thioether (sulfide) groups is 1. The number of rotatable bonds is 4. The molecule has 0 amide bonds. The van der Waals surface area contributed by atoms with Crippen LogP contribution in [-0.4, -0.2) is 26.3 Å². The van der Waals surface area contributed by atoms with Gasteiger partial charge in [0.15, 0.2) is 11.0 Å². The summed E-state index contributed by atoms with van der Waals surface area (Å²) < 4.78 is 8.09. The highest BCUT2D eigenvalue weighted by Gasteiger charge is 2.16. The van der Waals surface area contributed by atoms with Crippen molar-refractivity contribution in [2.24, 2.45) is 0 Å². The van der Waals surface area contributed by atoms with Gasteiger partial charge in [-0.2, -0.15) is 20.5 Å². The van der Waals surface area contributed by atoms with E-state index in [0.29, 0.717) is 11.0 Å². The first-order valence-electron chi connectivity index (χ1n) is 3.82. The van der Waals surface area contributed by atoms with Crippen LogP contribution in [0.4, 0.5) is 5.82 Å². The first kappa shape index (κ1) is 11.1. The van der Waals surface area contributed by atoms with Crippen molar-refractivity contribution in [1.82, 2.24) is 8.75 Å². The molecule has 0 saturated carbocycles. The second-order valence-electron chi connectivity index (χ2n) is 3.22.